The highest BCUT2D eigenvalue weighted by molar-refractivity contribution is 6.21. The van der Waals surface area contributed by atoms with Crippen LogP contribution in [0.3, 0.4) is 0 Å². The molecule has 2 amide bonds. The van der Waals surface area contributed by atoms with E-state index in [1.807, 2.05) is 12.1 Å². The standard InChI is InChI=1S/C18H16N2O2/c1-19-9-12-4-3-5-13(16(12)10-19)11-6-7-14-15(8-11)18(22)20(2)17(14)21/h3-8H,9-10H2,1-2H3. The number of fused-ring (bicyclic) bond motifs is 2. The van der Waals surface area contributed by atoms with E-state index in [2.05, 4.69) is 30.1 Å². The summed E-state index contributed by atoms with van der Waals surface area (Å²) < 4.78 is 0. The van der Waals surface area contributed by atoms with E-state index in [1.165, 1.54) is 23.1 Å². The van der Waals surface area contributed by atoms with Crippen LogP contribution in [0.2, 0.25) is 0 Å². The Bertz CT molecular complexity index is 826. The van der Waals surface area contributed by atoms with Gasteiger partial charge in [0.05, 0.1) is 11.1 Å². The summed E-state index contributed by atoms with van der Waals surface area (Å²) in [5.74, 6) is -0.434. The summed E-state index contributed by atoms with van der Waals surface area (Å²) >= 11 is 0. The molecule has 22 heavy (non-hydrogen) atoms. The van der Waals surface area contributed by atoms with Gasteiger partial charge in [0.2, 0.25) is 0 Å². The van der Waals surface area contributed by atoms with E-state index < -0.39 is 0 Å². The molecular formula is C18H16N2O2. The summed E-state index contributed by atoms with van der Waals surface area (Å²) in [7, 11) is 3.63. The summed E-state index contributed by atoms with van der Waals surface area (Å²) in [4.78, 5) is 27.6. The SMILES string of the molecule is CN1Cc2cccc(-c3ccc4c(c3)C(=O)N(C)C4=O)c2C1. The fourth-order valence-corrected chi connectivity index (χ4v) is 3.39. The number of carbonyl (C=O) groups is 2. The molecule has 0 aromatic heterocycles. The van der Waals surface area contributed by atoms with Crippen molar-refractivity contribution in [3.63, 3.8) is 0 Å². The molecular weight excluding hydrogens is 276 g/mol. The minimum atomic E-state index is -0.218. The second-order valence-electron chi connectivity index (χ2n) is 6.05. The molecule has 2 heterocycles. The third kappa shape index (κ3) is 1.74. The second kappa shape index (κ2) is 4.52. The molecule has 0 fully saturated rings. The molecule has 0 bridgehead atoms. The molecule has 4 heteroatoms. The monoisotopic (exact) mass is 292 g/mol. The zero-order chi connectivity index (χ0) is 15.4. The maximum absolute atomic E-state index is 12.2. The Hall–Kier alpha value is -2.46. The zero-order valence-corrected chi connectivity index (χ0v) is 12.6. The number of hydrogen-bond acceptors (Lipinski definition) is 3. The van der Waals surface area contributed by atoms with Gasteiger partial charge in [-0.05, 0) is 41.4 Å². The van der Waals surface area contributed by atoms with Crippen molar-refractivity contribution in [2.24, 2.45) is 0 Å². The molecule has 0 saturated heterocycles. The number of benzene rings is 2. The molecule has 0 radical (unpaired) electrons. The van der Waals surface area contributed by atoms with Crippen LogP contribution in [0.1, 0.15) is 31.8 Å². The topological polar surface area (TPSA) is 40.6 Å². The molecule has 4 nitrogen and oxygen atoms in total. The number of carbonyl (C=O) groups excluding carboxylic acids is 2. The van der Waals surface area contributed by atoms with Crippen molar-refractivity contribution in [1.29, 1.82) is 0 Å². The van der Waals surface area contributed by atoms with E-state index in [0.29, 0.717) is 11.1 Å². The van der Waals surface area contributed by atoms with Crippen molar-refractivity contribution in [2.45, 2.75) is 13.1 Å². The third-order valence-electron chi connectivity index (χ3n) is 4.54. The summed E-state index contributed by atoms with van der Waals surface area (Å²) in [5, 5.41) is 0. The smallest absolute Gasteiger partial charge is 0.261 e. The van der Waals surface area contributed by atoms with Crippen molar-refractivity contribution in [3.05, 3.63) is 58.7 Å². The second-order valence-corrected chi connectivity index (χ2v) is 6.05. The van der Waals surface area contributed by atoms with Crippen LogP contribution in [-0.2, 0) is 13.1 Å². The van der Waals surface area contributed by atoms with Gasteiger partial charge in [0.15, 0.2) is 0 Å². The van der Waals surface area contributed by atoms with E-state index in [-0.39, 0.29) is 11.8 Å². The predicted octanol–water partition coefficient (Wildman–Crippen LogP) is 2.52. The first-order chi connectivity index (χ1) is 10.6. The highest BCUT2D eigenvalue weighted by Gasteiger charge is 2.33. The first kappa shape index (κ1) is 13.2. The summed E-state index contributed by atoms with van der Waals surface area (Å²) in [5.41, 5.74) is 5.81. The molecule has 0 saturated carbocycles. The van der Waals surface area contributed by atoms with Crippen molar-refractivity contribution in [1.82, 2.24) is 9.80 Å². The maximum Gasteiger partial charge on any atom is 0.261 e. The van der Waals surface area contributed by atoms with E-state index in [9.17, 15) is 9.59 Å². The Morgan fingerprint density at radius 2 is 1.64 bits per heavy atom. The summed E-state index contributed by atoms with van der Waals surface area (Å²) in [6.45, 7) is 1.86. The van der Waals surface area contributed by atoms with Gasteiger partial charge in [-0.25, -0.2) is 0 Å². The summed E-state index contributed by atoms with van der Waals surface area (Å²) in [6.07, 6.45) is 0. The lowest BCUT2D eigenvalue weighted by atomic mass is 9.94. The molecule has 4 rings (SSSR count). The van der Waals surface area contributed by atoms with Crippen LogP contribution in [0.5, 0.6) is 0 Å². The Morgan fingerprint density at radius 1 is 0.864 bits per heavy atom. The van der Waals surface area contributed by atoms with Crippen LogP contribution in [-0.4, -0.2) is 35.7 Å². The first-order valence-electron chi connectivity index (χ1n) is 7.32. The lowest BCUT2D eigenvalue weighted by molar-refractivity contribution is 0.0693. The van der Waals surface area contributed by atoms with Crippen molar-refractivity contribution >= 4 is 11.8 Å². The average Bonchev–Trinajstić information content (AvgIpc) is 3.00. The molecule has 0 atom stereocenters. The van der Waals surface area contributed by atoms with Crippen molar-refractivity contribution in [2.75, 3.05) is 14.1 Å². The highest BCUT2D eigenvalue weighted by Crippen LogP contribution is 2.34. The van der Waals surface area contributed by atoms with Gasteiger partial charge in [-0.15, -0.1) is 0 Å². The molecule has 2 aromatic rings. The van der Waals surface area contributed by atoms with Gasteiger partial charge < -0.3 is 0 Å². The highest BCUT2D eigenvalue weighted by atomic mass is 16.2. The number of imide groups is 1. The lowest BCUT2D eigenvalue weighted by Gasteiger charge is -2.09. The van der Waals surface area contributed by atoms with E-state index >= 15 is 0 Å². The van der Waals surface area contributed by atoms with Crippen LogP contribution in [0.15, 0.2) is 36.4 Å². The van der Waals surface area contributed by atoms with E-state index in [4.69, 9.17) is 0 Å². The number of nitrogens with zero attached hydrogens (tertiary/aromatic N) is 2. The molecule has 110 valence electrons. The van der Waals surface area contributed by atoms with Gasteiger partial charge in [-0.1, -0.05) is 24.3 Å². The van der Waals surface area contributed by atoms with Crippen LogP contribution < -0.4 is 0 Å². The molecule has 2 aromatic carbocycles. The normalized spacial score (nSPS) is 17.1. The van der Waals surface area contributed by atoms with Crippen molar-refractivity contribution < 1.29 is 9.59 Å². The number of hydrogen-bond donors (Lipinski definition) is 0. The Morgan fingerprint density at radius 3 is 2.45 bits per heavy atom. The zero-order valence-electron chi connectivity index (χ0n) is 12.6. The summed E-state index contributed by atoms with van der Waals surface area (Å²) in [6, 6.07) is 11.9. The number of rotatable bonds is 1. The minimum absolute atomic E-state index is 0.216. The van der Waals surface area contributed by atoms with Crippen molar-refractivity contribution in [3.8, 4) is 11.1 Å². The predicted molar refractivity (Wildman–Crippen MR) is 83.5 cm³/mol. The maximum atomic E-state index is 12.2. The van der Waals surface area contributed by atoms with Gasteiger partial charge in [-0.2, -0.15) is 0 Å². The minimum Gasteiger partial charge on any atom is -0.298 e. The largest absolute Gasteiger partial charge is 0.298 e. The third-order valence-corrected chi connectivity index (χ3v) is 4.54. The van der Waals surface area contributed by atoms with E-state index in [0.717, 1.165) is 24.2 Å². The van der Waals surface area contributed by atoms with Gasteiger partial charge in [0.25, 0.3) is 11.8 Å². The van der Waals surface area contributed by atoms with Gasteiger partial charge in [0.1, 0.15) is 0 Å². The lowest BCUT2D eigenvalue weighted by Crippen LogP contribution is -2.24. The molecule has 2 aliphatic heterocycles. The quantitative estimate of drug-likeness (QED) is 0.758. The fourth-order valence-electron chi connectivity index (χ4n) is 3.39. The van der Waals surface area contributed by atoms with Crippen LogP contribution in [0, 0.1) is 0 Å². The number of amides is 2. The molecule has 2 aliphatic rings. The van der Waals surface area contributed by atoms with Gasteiger partial charge in [0, 0.05) is 20.1 Å². The Labute approximate surface area is 129 Å². The van der Waals surface area contributed by atoms with E-state index in [1.54, 1.807) is 6.07 Å². The first-order valence-corrected chi connectivity index (χ1v) is 7.32. The van der Waals surface area contributed by atoms with Crippen LogP contribution in [0.25, 0.3) is 11.1 Å². The molecule has 0 aliphatic carbocycles. The van der Waals surface area contributed by atoms with Gasteiger partial charge >= 0.3 is 0 Å². The molecule has 0 unspecified atom stereocenters. The fraction of sp³-hybridized carbons (Fsp3) is 0.222. The van der Waals surface area contributed by atoms with Gasteiger partial charge in [-0.3, -0.25) is 19.4 Å². The Balaban J connectivity index is 1.86. The molecule has 0 spiro atoms. The van der Waals surface area contributed by atoms with Crippen LogP contribution >= 0.6 is 0 Å². The average molecular weight is 292 g/mol. The van der Waals surface area contributed by atoms with Crippen LogP contribution in [0.4, 0.5) is 0 Å². The molecule has 0 N–H and O–H groups in total. The Kier molecular flexibility index (Phi) is 2.71.